The fraction of sp³-hybridized carbons (Fsp3) is 0.368. The van der Waals surface area contributed by atoms with Crippen molar-refractivity contribution in [2.24, 2.45) is 5.92 Å². The number of anilines is 2. The van der Waals surface area contributed by atoms with Gasteiger partial charge in [-0.3, -0.25) is 0 Å². The first-order valence-corrected chi connectivity index (χ1v) is 8.50. The van der Waals surface area contributed by atoms with Crippen LogP contribution in [0.15, 0.2) is 36.5 Å². The Morgan fingerprint density at radius 2 is 1.83 bits per heavy atom. The highest BCUT2D eigenvalue weighted by Crippen LogP contribution is 2.18. The maximum atomic E-state index is 4.47. The molecule has 126 valence electrons. The number of fused-ring (bicyclic) bond motifs is 1. The van der Waals surface area contributed by atoms with Crippen molar-refractivity contribution in [2.45, 2.75) is 27.2 Å². The van der Waals surface area contributed by atoms with Gasteiger partial charge >= 0.3 is 0 Å². The molecule has 5 nitrogen and oxygen atoms in total. The summed E-state index contributed by atoms with van der Waals surface area (Å²) in [6.07, 6.45) is 3.04. The summed E-state index contributed by atoms with van der Waals surface area (Å²) >= 11 is 0. The lowest BCUT2D eigenvalue weighted by Gasteiger charge is -2.11. The highest BCUT2D eigenvalue weighted by Gasteiger charge is 2.05. The number of nitrogens with one attached hydrogen (secondary N) is 3. The molecule has 0 atom stereocenters. The number of nitrogens with zero attached hydrogens (tertiary/aromatic N) is 2. The molecule has 0 aliphatic rings. The van der Waals surface area contributed by atoms with Gasteiger partial charge in [0.05, 0.1) is 0 Å². The van der Waals surface area contributed by atoms with Gasteiger partial charge in [0.2, 0.25) is 0 Å². The smallest absolute Gasteiger partial charge is 0.131 e. The number of aryl methyl sites for hydroxylation is 1. The Balaban J connectivity index is 1.62. The van der Waals surface area contributed by atoms with Gasteiger partial charge in [-0.25, -0.2) is 9.97 Å². The van der Waals surface area contributed by atoms with Crippen molar-refractivity contribution in [1.29, 1.82) is 0 Å². The first kappa shape index (κ1) is 16.3. The molecule has 0 radical (unpaired) electrons. The predicted octanol–water partition coefficient (Wildman–Crippen LogP) is 3.99. The van der Waals surface area contributed by atoms with Crippen molar-refractivity contribution < 1.29 is 0 Å². The van der Waals surface area contributed by atoms with Crippen molar-refractivity contribution in [3.8, 4) is 0 Å². The van der Waals surface area contributed by atoms with Crippen LogP contribution in [-0.4, -0.2) is 28.0 Å². The Bertz CT molecular complexity index is 806. The van der Waals surface area contributed by atoms with Gasteiger partial charge in [0.1, 0.15) is 17.5 Å². The predicted molar refractivity (Wildman–Crippen MR) is 101 cm³/mol. The van der Waals surface area contributed by atoms with Gasteiger partial charge in [-0.15, -0.1) is 0 Å². The Morgan fingerprint density at radius 3 is 2.62 bits per heavy atom. The lowest BCUT2D eigenvalue weighted by molar-refractivity contribution is 0.686. The quantitative estimate of drug-likeness (QED) is 0.615. The summed E-state index contributed by atoms with van der Waals surface area (Å²) in [4.78, 5) is 12.2. The van der Waals surface area contributed by atoms with Gasteiger partial charge < -0.3 is 15.6 Å². The van der Waals surface area contributed by atoms with E-state index in [4.69, 9.17) is 0 Å². The van der Waals surface area contributed by atoms with Crippen molar-refractivity contribution in [1.82, 2.24) is 15.0 Å². The lowest BCUT2D eigenvalue weighted by atomic mass is 10.1. The van der Waals surface area contributed by atoms with Crippen LogP contribution in [0, 0.1) is 12.8 Å². The van der Waals surface area contributed by atoms with Crippen molar-refractivity contribution in [3.05, 3.63) is 47.9 Å². The van der Waals surface area contributed by atoms with E-state index in [2.05, 4.69) is 69.9 Å². The molecular formula is C19H25N5. The van der Waals surface area contributed by atoms with Crippen LogP contribution in [0.5, 0.6) is 0 Å². The normalized spacial score (nSPS) is 11.2. The summed E-state index contributed by atoms with van der Waals surface area (Å²) < 4.78 is 0. The third kappa shape index (κ3) is 4.04. The first-order valence-electron chi connectivity index (χ1n) is 8.50. The largest absolute Gasteiger partial charge is 0.370 e. The van der Waals surface area contributed by atoms with Gasteiger partial charge in [-0.2, -0.15) is 0 Å². The van der Waals surface area contributed by atoms with Gasteiger partial charge in [0.15, 0.2) is 0 Å². The van der Waals surface area contributed by atoms with E-state index in [0.717, 1.165) is 37.0 Å². The number of hydrogen-bond acceptors (Lipinski definition) is 4. The van der Waals surface area contributed by atoms with Gasteiger partial charge in [0, 0.05) is 36.3 Å². The molecule has 1 aromatic carbocycles. The van der Waals surface area contributed by atoms with Crippen LogP contribution in [0.2, 0.25) is 0 Å². The van der Waals surface area contributed by atoms with E-state index < -0.39 is 0 Å². The number of hydrogen-bond donors (Lipinski definition) is 3. The molecule has 0 unspecified atom stereocenters. The molecule has 0 fully saturated rings. The topological polar surface area (TPSA) is 65.6 Å². The van der Waals surface area contributed by atoms with E-state index in [9.17, 15) is 0 Å². The Kier molecular flexibility index (Phi) is 4.99. The molecule has 3 rings (SSSR count). The minimum absolute atomic E-state index is 0.582. The molecule has 3 aromatic rings. The number of benzene rings is 1. The fourth-order valence-electron chi connectivity index (χ4n) is 2.72. The lowest BCUT2D eigenvalue weighted by Crippen LogP contribution is -2.12. The van der Waals surface area contributed by atoms with Crippen LogP contribution < -0.4 is 10.6 Å². The fourth-order valence-corrected chi connectivity index (χ4v) is 2.72. The third-order valence-electron chi connectivity index (χ3n) is 3.90. The Labute approximate surface area is 142 Å². The number of aromatic nitrogens is 3. The molecule has 0 spiro atoms. The van der Waals surface area contributed by atoms with Crippen molar-refractivity contribution in [2.75, 3.05) is 23.7 Å². The summed E-state index contributed by atoms with van der Waals surface area (Å²) in [6.45, 7) is 8.03. The molecule has 24 heavy (non-hydrogen) atoms. The highest BCUT2D eigenvalue weighted by molar-refractivity contribution is 5.83. The van der Waals surface area contributed by atoms with Crippen molar-refractivity contribution >= 4 is 22.5 Å². The van der Waals surface area contributed by atoms with Gasteiger partial charge in [-0.05, 0) is 30.9 Å². The van der Waals surface area contributed by atoms with Crippen LogP contribution >= 0.6 is 0 Å². The molecule has 0 aliphatic heterocycles. The Morgan fingerprint density at radius 1 is 1.08 bits per heavy atom. The average molecular weight is 323 g/mol. The van der Waals surface area contributed by atoms with E-state index in [1.54, 1.807) is 0 Å². The summed E-state index contributed by atoms with van der Waals surface area (Å²) in [6, 6.07) is 10.4. The molecule has 0 amide bonds. The van der Waals surface area contributed by atoms with Crippen LogP contribution in [-0.2, 0) is 6.42 Å². The molecule has 5 heteroatoms. The van der Waals surface area contributed by atoms with Gasteiger partial charge in [0.25, 0.3) is 0 Å². The zero-order valence-corrected chi connectivity index (χ0v) is 14.6. The molecule has 0 saturated carbocycles. The second-order valence-electron chi connectivity index (χ2n) is 6.50. The number of H-pyrrole nitrogens is 1. The molecule has 2 heterocycles. The highest BCUT2D eigenvalue weighted by atomic mass is 15.1. The maximum Gasteiger partial charge on any atom is 0.131 e. The molecular weight excluding hydrogens is 298 g/mol. The van der Waals surface area contributed by atoms with E-state index >= 15 is 0 Å². The van der Waals surface area contributed by atoms with Crippen molar-refractivity contribution in [3.63, 3.8) is 0 Å². The summed E-state index contributed by atoms with van der Waals surface area (Å²) in [5.74, 6) is 3.11. The van der Waals surface area contributed by atoms with Crippen LogP contribution in [0.1, 0.15) is 25.2 Å². The standard InChI is InChI=1S/C19H25N5/c1-13(2)11-22-19-10-18(23-14(3)24-19)20-9-8-15-12-21-17-7-5-4-6-16(15)17/h4-7,10,12-13,21H,8-9,11H2,1-3H3,(H2,20,22,23,24). The average Bonchev–Trinajstić information content (AvgIpc) is 2.96. The summed E-state index contributed by atoms with van der Waals surface area (Å²) in [5, 5.41) is 8.06. The number of aromatic amines is 1. The molecule has 3 N–H and O–H groups in total. The van der Waals surface area contributed by atoms with E-state index in [-0.39, 0.29) is 0 Å². The van der Waals surface area contributed by atoms with E-state index in [1.807, 2.05) is 13.0 Å². The second-order valence-corrected chi connectivity index (χ2v) is 6.50. The zero-order valence-electron chi connectivity index (χ0n) is 14.6. The van der Waals surface area contributed by atoms with E-state index in [1.165, 1.54) is 16.5 Å². The molecule has 0 aliphatic carbocycles. The SMILES string of the molecule is Cc1nc(NCCc2c[nH]c3ccccc23)cc(NCC(C)C)n1. The minimum Gasteiger partial charge on any atom is -0.370 e. The monoisotopic (exact) mass is 323 g/mol. The number of rotatable bonds is 7. The van der Waals surface area contributed by atoms with Crippen LogP contribution in [0.4, 0.5) is 11.6 Å². The third-order valence-corrected chi connectivity index (χ3v) is 3.90. The minimum atomic E-state index is 0.582. The molecule has 2 aromatic heterocycles. The molecule has 0 bridgehead atoms. The Hall–Kier alpha value is -2.56. The van der Waals surface area contributed by atoms with Gasteiger partial charge in [-0.1, -0.05) is 32.0 Å². The second kappa shape index (κ2) is 7.34. The zero-order chi connectivity index (χ0) is 16.9. The van der Waals surface area contributed by atoms with Crippen LogP contribution in [0.3, 0.4) is 0 Å². The molecule has 0 saturated heterocycles. The first-order chi connectivity index (χ1) is 11.6. The number of para-hydroxylation sites is 1. The van der Waals surface area contributed by atoms with Crippen LogP contribution in [0.25, 0.3) is 10.9 Å². The maximum absolute atomic E-state index is 4.47. The van der Waals surface area contributed by atoms with E-state index in [0.29, 0.717) is 5.92 Å². The summed E-state index contributed by atoms with van der Waals surface area (Å²) in [7, 11) is 0. The summed E-state index contributed by atoms with van der Waals surface area (Å²) in [5.41, 5.74) is 2.51.